The Hall–Kier alpha value is -2.58. The first-order valence-electron chi connectivity index (χ1n) is 10.9. The predicted molar refractivity (Wildman–Crippen MR) is 122 cm³/mol. The fraction of sp³-hybridized carbons (Fsp3) is 0.458. The van der Waals surface area contributed by atoms with Crippen molar-refractivity contribution in [2.24, 2.45) is 11.3 Å². The van der Waals surface area contributed by atoms with Gasteiger partial charge in [0, 0.05) is 42.2 Å². The minimum atomic E-state index is -3.04. The van der Waals surface area contributed by atoms with Crippen molar-refractivity contribution in [1.29, 1.82) is 0 Å². The van der Waals surface area contributed by atoms with E-state index in [1.165, 1.54) is 18.3 Å². The van der Waals surface area contributed by atoms with Gasteiger partial charge in [0.2, 0.25) is 0 Å². The molecule has 3 aromatic rings. The third-order valence-electron chi connectivity index (χ3n) is 6.84. The SMILES string of the molecule is CC(F)(F)c1ccc(C(=O)N2CCC(C(C)(C)C(O)c3cc(Cl)cc4cn[nH]c34)CC2)cn1. The van der Waals surface area contributed by atoms with Gasteiger partial charge in [0.1, 0.15) is 5.69 Å². The number of hydrogen-bond donors (Lipinski definition) is 2. The molecule has 1 amide bonds. The van der Waals surface area contributed by atoms with E-state index in [1.807, 2.05) is 13.8 Å². The van der Waals surface area contributed by atoms with Crippen LogP contribution in [0.2, 0.25) is 5.02 Å². The lowest BCUT2D eigenvalue weighted by Crippen LogP contribution is -2.43. The van der Waals surface area contributed by atoms with Crippen molar-refractivity contribution in [3.8, 4) is 0 Å². The molecule has 2 aromatic heterocycles. The van der Waals surface area contributed by atoms with E-state index in [1.54, 1.807) is 23.2 Å². The second-order valence-electron chi connectivity index (χ2n) is 9.44. The number of carbonyl (C=O) groups excluding carboxylic acids is 1. The molecule has 3 heterocycles. The first-order valence-corrected chi connectivity index (χ1v) is 11.3. The van der Waals surface area contributed by atoms with Crippen LogP contribution in [0, 0.1) is 11.3 Å². The monoisotopic (exact) mass is 476 g/mol. The summed E-state index contributed by atoms with van der Waals surface area (Å²) < 4.78 is 26.8. The van der Waals surface area contributed by atoms with Crippen molar-refractivity contribution in [3.05, 3.63) is 58.5 Å². The quantitative estimate of drug-likeness (QED) is 0.521. The predicted octanol–water partition coefficient (Wildman–Crippen LogP) is 5.34. The summed E-state index contributed by atoms with van der Waals surface area (Å²) in [6, 6.07) is 6.16. The topological polar surface area (TPSA) is 82.1 Å². The molecule has 0 saturated carbocycles. The number of aromatic amines is 1. The molecule has 0 bridgehead atoms. The Morgan fingerprint density at radius 3 is 2.52 bits per heavy atom. The average molecular weight is 477 g/mol. The molecule has 2 N–H and O–H groups in total. The summed E-state index contributed by atoms with van der Waals surface area (Å²) in [5, 5.41) is 19.7. The van der Waals surface area contributed by atoms with Crippen LogP contribution in [0.15, 0.2) is 36.7 Å². The normalized spacial score (nSPS) is 16.9. The summed E-state index contributed by atoms with van der Waals surface area (Å²) >= 11 is 6.26. The molecule has 1 aliphatic rings. The number of aliphatic hydroxyl groups excluding tert-OH is 1. The van der Waals surface area contributed by atoms with Crippen LogP contribution in [0.25, 0.3) is 10.9 Å². The number of nitrogens with one attached hydrogen (secondary N) is 1. The minimum absolute atomic E-state index is 0.160. The summed E-state index contributed by atoms with van der Waals surface area (Å²) in [5.74, 6) is -3.11. The summed E-state index contributed by atoms with van der Waals surface area (Å²) in [4.78, 5) is 18.3. The lowest BCUT2D eigenvalue weighted by Gasteiger charge is -2.43. The molecule has 0 spiro atoms. The maximum atomic E-state index is 13.4. The summed E-state index contributed by atoms with van der Waals surface area (Å²) in [6.45, 7) is 5.85. The van der Waals surface area contributed by atoms with Crippen LogP contribution in [-0.2, 0) is 5.92 Å². The Kier molecular flexibility index (Phi) is 6.18. The molecular weight excluding hydrogens is 450 g/mol. The first kappa shape index (κ1) is 23.6. The largest absolute Gasteiger partial charge is 0.388 e. The number of halogens is 3. The number of aromatic nitrogens is 3. The van der Waals surface area contributed by atoms with Crippen LogP contribution in [0.4, 0.5) is 8.78 Å². The number of piperidine rings is 1. The van der Waals surface area contributed by atoms with E-state index in [0.29, 0.717) is 42.1 Å². The second kappa shape index (κ2) is 8.65. The molecule has 1 aliphatic heterocycles. The van der Waals surface area contributed by atoms with Gasteiger partial charge in [-0.05, 0) is 48.4 Å². The van der Waals surface area contributed by atoms with E-state index in [0.717, 1.165) is 17.8 Å². The number of hydrogen-bond acceptors (Lipinski definition) is 4. The molecule has 1 atom stereocenters. The number of pyridine rings is 1. The molecule has 0 radical (unpaired) electrons. The lowest BCUT2D eigenvalue weighted by molar-refractivity contribution is -0.0165. The second-order valence-corrected chi connectivity index (χ2v) is 9.88. The number of H-pyrrole nitrogens is 1. The maximum Gasteiger partial charge on any atom is 0.286 e. The fourth-order valence-corrected chi connectivity index (χ4v) is 4.91. The van der Waals surface area contributed by atoms with Crippen molar-refractivity contribution >= 4 is 28.4 Å². The van der Waals surface area contributed by atoms with Crippen LogP contribution < -0.4 is 0 Å². The van der Waals surface area contributed by atoms with Crippen LogP contribution in [0.1, 0.15) is 61.3 Å². The van der Waals surface area contributed by atoms with Gasteiger partial charge in [-0.2, -0.15) is 13.9 Å². The summed E-state index contributed by atoms with van der Waals surface area (Å²) in [6.07, 6.45) is 3.53. The van der Waals surface area contributed by atoms with E-state index in [4.69, 9.17) is 11.6 Å². The van der Waals surface area contributed by atoms with Crippen molar-refractivity contribution in [3.63, 3.8) is 0 Å². The Bertz CT molecular complexity index is 1150. The lowest BCUT2D eigenvalue weighted by atomic mass is 9.68. The highest BCUT2D eigenvalue weighted by Gasteiger charge is 2.40. The number of rotatable bonds is 5. The molecule has 33 heavy (non-hydrogen) atoms. The fourth-order valence-electron chi connectivity index (χ4n) is 4.68. The van der Waals surface area contributed by atoms with Crippen molar-refractivity contribution in [1.82, 2.24) is 20.1 Å². The van der Waals surface area contributed by atoms with Crippen molar-refractivity contribution in [2.45, 2.75) is 45.6 Å². The van der Waals surface area contributed by atoms with Crippen LogP contribution in [0.5, 0.6) is 0 Å². The molecule has 1 aromatic carbocycles. The van der Waals surface area contributed by atoms with E-state index in [2.05, 4.69) is 15.2 Å². The zero-order valence-corrected chi connectivity index (χ0v) is 19.5. The van der Waals surface area contributed by atoms with Crippen LogP contribution in [-0.4, -0.2) is 44.2 Å². The highest BCUT2D eigenvalue weighted by atomic mass is 35.5. The van der Waals surface area contributed by atoms with Gasteiger partial charge in [-0.25, -0.2) is 0 Å². The smallest absolute Gasteiger partial charge is 0.286 e. The van der Waals surface area contributed by atoms with Gasteiger partial charge in [-0.3, -0.25) is 14.9 Å². The maximum absolute atomic E-state index is 13.4. The third kappa shape index (κ3) is 4.59. The minimum Gasteiger partial charge on any atom is -0.388 e. The third-order valence-corrected chi connectivity index (χ3v) is 7.06. The zero-order chi connectivity index (χ0) is 24.0. The summed E-state index contributed by atoms with van der Waals surface area (Å²) in [7, 11) is 0. The molecular formula is C24H27ClF2N4O2. The van der Waals surface area contributed by atoms with Gasteiger partial charge in [0.25, 0.3) is 11.8 Å². The Balaban J connectivity index is 1.45. The number of carbonyl (C=O) groups is 1. The van der Waals surface area contributed by atoms with E-state index < -0.39 is 17.4 Å². The van der Waals surface area contributed by atoms with Gasteiger partial charge in [-0.15, -0.1) is 0 Å². The molecule has 176 valence electrons. The van der Waals surface area contributed by atoms with Crippen molar-refractivity contribution in [2.75, 3.05) is 13.1 Å². The van der Waals surface area contributed by atoms with Gasteiger partial charge in [0.15, 0.2) is 0 Å². The van der Waals surface area contributed by atoms with Gasteiger partial charge in [-0.1, -0.05) is 25.4 Å². The number of aliphatic hydroxyl groups is 1. The number of fused-ring (bicyclic) bond motifs is 1. The van der Waals surface area contributed by atoms with Gasteiger partial charge < -0.3 is 10.0 Å². The molecule has 1 saturated heterocycles. The van der Waals surface area contributed by atoms with Crippen LogP contribution in [0.3, 0.4) is 0 Å². The summed E-state index contributed by atoms with van der Waals surface area (Å²) in [5.41, 5.74) is 0.925. The first-order chi connectivity index (χ1) is 15.5. The molecule has 6 nitrogen and oxygen atoms in total. The van der Waals surface area contributed by atoms with Crippen LogP contribution >= 0.6 is 11.6 Å². The Morgan fingerprint density at radius 2 is 1.91 bits per heavy atom. The molecule has 0 aliphatic carbocycles. The number of benzene rings is 1. The molecule has 1 fully saturated rings. The molecule has 1 unspecified atom stereocenters. The number of nitrogens with zero attached hydrogens (tertiary/aromatic N) is 3. The van der Waals surface area contributed by atoms with Gasteiger partial charge in [0.05, 0.1) is 23.4 Å². The average Bonchev–Trinajstić information content (AvgIpc) is 3.25. The highest BCUT2D eigenvalue weighted by Crippen LogP contribution is 2.46. The number of amides is 1. The van der Waals surface area contributed by atoms with Crippen molar-refractivity contribution < 1.29 is 18.7 Å². The van der Waals surface area contributed by atoms with Gasteiger partial charge >= 0.3 is 0 Å². The number of likely N-dealkylation sites (tertiary alicyclic amines) is 1. The highest BCUT2D eigenvalue weighted by molar-refractivity contribution is 6.31. The number of alkyl halides is 2. The van der Waals surface area contributed by atoms with E-state index >= 15 is 0 Å². The Labute approximate surface area is 196 Å². The standard InChI is InChI=1S/C24H27ClF2N4O2/c1-23(2,21(32)18-11-17(25)10-15-13-29-30-20(15)18)16-6-8-31(9-7-16)22(33)14-4-5-19(28-12-14)24(3,26)27/h4-5,10-13,16,21,32H,6-9H2,1-3H3,(H,29,30). The zero-order valence-electron chi connectivity index (χ0n) is 18.8. The molecule has 9 heteroatoms. The Morgan fingerprint density at radius 1 is 1.21 bits per heavy atom. The van der Waals surface area contributed by atoms with E-state index in [-0.39, 0.29) is 17.5 Å². The molecule has 4 rings (SSSR count). The van der Waals surface area contributed by atoms with E-state index in [9.17, 15) is 18.7 Å².